The molecular formula is C17H24N4O4. The fraction of sp³-hybridized carbons (Fsp3) is 0.529. The lowest BCUT2D eigenvalue weighted by Crippen LogP contribution is -2.31. The Morgan fingerprint density at radius 3 is 2.56 bits per heavy atom. The lowest BCUT2D eigenvalue weighted by atomic mass is 10.3. The minimum Gasteiger partial charge on any atom is -0.454 e. The summed E-state index contributed by atoms with van der Waals surface area (Å²) in [6.07, 6.45) is 3.10. The molecule has 2 aromatic heterocycles. The van der Waals surface area contributed by atoms with Crippen molar-refractivity contribution in [1.29, 1.82) is 0 Å². The van der Waals surface area contributed by atoms with Crippen molar-refractivity contribution in [3.63, 3.8) is 0 Å². The molecule has 25 heavy (non-hydrogen) atoms. The summed E-state index contributed by atoms with van der Waals surface area (Å²) >= 11 is 0. The lowest BCUT2D eigenvalue weighted by Gasteiger charge is -2.06. The van der Waals surface area contributed by atoms with Crippen LogP contribution in [0.5, 0.6) is 0 Å². The minimum absolute atomic E-state index is 0.0630. The van der Waals surface area contributed by atoms with Crippen LogP contribution < -0.4 is 11.2 Å². The predicted octanol–water partition coefficient (Wildman–Crippen LogP) is 1.72. The molecule has 0 bridgehead atoms. The van der Waals surface area contributed by atoms with Gasteiger partial charge in [0.2, 0.25) is 0 Å². The Morgan fingerprint density at radius 2 is 1.96 bits per heavy atom. The van der Waals surface area contributed by atoms with E-state index in [1.807, 2.05) is 13.8 Å². The standard InChI is InChI=1S/C17H24N4O4/c1-5-7-8-21-15-14(16(23)19-17(21)24)20(6-2)12(18-15)10-25-13(22)9-11(3)4/h9H,5-8,10H2,1-4H3,(H,19,23,24). The number of rotatable bonds is 7. The second-order valence-corrected chi connectivity index (χ2v) is 6.04. The van der Waals surface area contributed by atoms with Gasteiger partial charge in [0.05, 0.1) is 0 Å². The first-order valence-corrected chi connectivity index (χ1v) is 8.42. The molecule has 0 unspecified atom stereocenters. The van der Waals surface area contributed by atoms with Crippen LogP contribution in [0.3, 0.4) is 0 Å². The van der Waals surface area contributed by atoms with Crippen molar-refractivity contribution < 1.29 is 9.53 Å². The number of ether oxygens (including phenoxy) is 1. The van der Waals surface area contributed by atoms with Crippen LogP contribution in [0.15, 0.2) is 21.2 Å². The molecule has 0 spiro atoms. The average Bonchev–Trinajstić information content (AvgIpc) is 2.91. The van der Waals surface area contributed by atoms with Gasteiger partial charge in [-0.05, 0) is 27.2 Å². The van der Waals surface area contributed by atoms with Gasteiger partial charge in [-0.2, -0.15) is 0 Å². The quantitative estimate of drug-likeness (QED) is 0.607. The van der Waals surface area contributed by atoms with Crippen molar-refractivity contribution in [3.8, 4) is 0 Å². The Morgan fingerprint density at radius 1 is 1.24 bits per heavy atom. The van der Waals surface area contributed by atoms with Crippen LogP contribution in [0.2, 0.25) is 0 Å². The first-order valence-electron chi connectivity index (χ1n) is 8.42. The van der Waals surface area contributed by atoms with E-state index in [0.717, 1.165) is 18.4 Å². The van der Waals surface area contributed by atoms with Gasteiger partial charge in [0, 0.05) is 19.2 Å². The smallest absolute Gasteiger partial charge is 0.331 e. The number of hydrogen-bond donors (Lipinski definition) is 1. The Balaban J connectivity index is 2.50. The molecule has 136 valence electrons. The Labute approximate surface area is 145 Å². The first-order chi connectivity index (χ1) is 11.9. The molecule has 2 heterocycles. The van der Waals surface area contributed by atoms with E-state index in [2.05, 4.69) is 9.97 Å². The molecule has 0 atom stereocenters. The second-order valence-electron chi connectivity index (χ2n) is 6.04. The van der Waals surface area contributed by atoms with Crippen LogP contribution in [-0.4, -0.2) is 25.1 Å². The van der Waals surface area contributed by atoms with E-state index in [1.165, 1.54) is 10.6 Å². The molecule has 0 aliphatic rings. The highest BCUT2D eigenvalue weighted by molar-refractivity contribution is 5.82. The zero-order chi connectivity index (χ0) is 18.6. The number of esters is 1. The van der Waals surface area contributed by atoms with Gasteiger partial charge in [0.1, 0.15) is 12.4 Å². The number of imidazole rings is 1. The topological polar surface area (TPSA) is 99.0 Å². The van der Waals surface area contributed by atoms with Crippen LogP contribution in [-0.2, 0) is 29.2 Å². The summed E-state index contributed by atoms with van der Waals surface area (Å²) in [6, 6.07) is 0. The van der Waals surface area contributed by atoms with Gasteiger partial charge in [-0.25, -0.2) is 14.6 Å². The third kappa shape index (κ3) is 4.07. The Kier molecular flexibility index (Phi) is 5.95. The molecule has 0 fully saturated rings. The van der Waals surface area contributed by atoms with E-state index in [1.54, 1.807) is 18.4 Å². The Hall–Kier alpha value is -2.64. The van der Waals surface area contributed by atoms with Crippen molar-refractivity contribution in [2.24, 2.45) is 0 Å². The lowest BCUT2D eigenvalue weighted by molar-refractivity contribution is -0.139. The number of aromatic amines is 1. The molecule has 1 N–H and O–H groups in total. The van der Waals surface area contributed by atoms with Gasteiger partial charge in [-0.3, -0.25) is 14.3 Å². The van der Waals surface area contributed by atoms with Crippen molar-refractivity contribution in [1.82, 2.24) is 19.1 Å². The van der Waals surface area contributed by atoms with Crippen molar-refractivity contribution in [3.05, 3.63) is 38.3 Å². The molecule has 0 saturated carbocycles. The highest BCUT2D eigenvalue weighted by Gasteiger charge is 2.18. The largest absolute Gasteiger partial charge is 0.454 e. The molecule has 2 rings (SSSR count). The molecule has 2 aromatic rings. The molecule has 0 aliphatic carbocycles. The van der Waals surface area contributed by atoms with Gasteiger partial charge in [-0.15, -0.1) is 0 Å². The van der Waals surface area contributed by atoms with Crippen LogP contribution in [0.25, 0.3) is 11.2 Å². The molecule has 8 nitrogen and oxygen atoms in total. The van der Waals surface area contributed by atoms with Gasteiger partial charge in [-0.1, -0.05) is 18.9 Å². The van der Waals surface area contributed by atoms with Crippen molar-refractivity contribution in [2.75, 3.05) is 0 Å². The number of aryl methyl sites for hydroxylation is 2. The molecule has 0 amide bonds. The molecule has 0 saturated heterocycles. The van der Waals surface area contributed by atoms with E-state index >= 15 is 0 Å². The van der Waals surface area contributed by atoms with E-state index in [4.69, 9.17) is 4.74 Å². The van der Waals surface area contributed by atoms with E-state index in [9.17, 15) is 14.4 Å². The molecular weight excluding hydrogens is 324 g/mol. The second kappa shape index (κ2) is 7.96. The fourth-order valence-corrected chi connectivity index (χ4v) is 2.61. The summed E-state index contributed by atoms with van der Waals surface area (Å²) in [7, 11) is 0. The number of carbonyl (C=O) groups excluding carboxylic acids is 1. The predicted molar refractivity (Wildman–Crippen MR) is 94.4 cm³/mol. The number of hydrogen-bond acceptors (Lipinski definition) is 5. The maximum absolute atomic E-state index is 12.3. The zero-order valence-electron chi connectivity index (χ0n) is 15.1. The number of nitrogens with one attached hydrogen (secondary N) is 1. The van der Waals surface area contributed by atoms with Crippen LogP contribution in [0, 0.1) is 0 Å². The fourth-order valence-electron chi connectivity index (χ4n) is 2.61. The van der Waals surface area contributed by atoms with Crippen LogP contribution in [0.4, 0.5) is 0 Å². The number of fused-ring (bicyclic) bond motifs is 1. The maximum Gasteiger partial charge on any atom is 0.331 e. The summed E-state index contributed by atoms with van der Waals surface area (Å²) in [5, 5.41) is 0. The molecule has 0 aromatic carbocycles. The summed E-state index contributed by atoms with van der Waals surface area (Å²) < 4.78 is 8.34. The van der Waals surface area contributed by atoms with Gasteiger partial charge in [0.25, 0.3) is 5.56 Å². The number of carbonyl (C=O) groups is 1. The van der Waals surface area contributed by atoms with Crippen LogP contribution >= 0.6 is 0 Å². The van der Waals surface area contributed by atoms with E-state index in [-0.39, 0.29) is 6.61 Å². The number of H-pyrrole nitrogens is 1. The molecule has 0 aliphatic heterocycles. The SMILES string of the molecule is CCCCn1c(=O)[nH]c(=O)c2c1nc(COC(=O)C=C(C)C)n2CC. The molecule has 8 heteroatoms. The maximum atomic E-state index is 12.3. The third-order valence-electron chi connectivity index (χ3n) is 3.77. The van der Waals surface area contributed by atoms with E-state index < -0.39 is 17.2 Å². The highest BCUT2D eigenvalue weighted by Crippen LogP contribution is 2.13. The monoisotopic (exact) mass is 348 g/mol. The molecule has 0 radical (unpaired) electrons. The number of nitrogens with zero attached hydrogens (tertiary/aromatic N) is 3. The highest BCUT2D eigenvalue weighted by atomic mass is 16.5. The van der Waals surface area contributed by atoms with E-state index in [0.29, 0.717) is 30.1 Å². The Bertz CT molecular complexity index is 913. The van der Waals surface area contributed by atoms with Crippen molar-refractivity contribution >= 4 is 17.1 Å². The number of unbranched alkanes of at least 4 members (excludes halogenated alkanes) is 1. The average molecular weight is 348 g/mol. The van der Waals surface area contributed by atoms with Gasteiger partial charge >= 0.3 is 11.7 Å². The summed E-state index contributed by atoms with van der Waals surface area (Å²) in [4.78, 5) is 42.8. The zero-order valence-corrected chi connectivity index (χ0v) is 15.1. The number of aromatic nitrogens is 4. The first kappa shape index (κ1) is 18.7. The normalized spacial score (nSPS) is 10.9. The van der Waals surface area contributed by atoms with Crippen LogP contribution in [0.1, 0.15) is 46.4 Å². The summed E-state index contributed by atoms with van der Waals surface area (Å²) in [5.74, 6) is -0.0265. The van der Waals surface area contributed by atoms with Gasteiger partial charge < -0.3 is 9.30 Å². The third-order valence-corrected chi connectivity index (χ3v) is 3.77. The summed E-state index contributed by atoms with van der Waals surface area (Å²) in [6.45, 7) is 8.37. The summed E-state index contributed by atoms with van der Waals surface area (Å²) in [5.41, 5.74) is 0.534. The number of allylic oxidation sites excluding steroid dienone is 1. The van der Waals surface area contributed by atoms with Crippen molar-refractivity contribution in [2.45, 2.75) is 60.2 Å². The minimum atomic E-state index is -0.482. The van der Waals surface area contributed by atoms with Gasteiger partial charge in [0.15, 0.2) is 11.2 Å².